The van der Waals surface area contributed by atoms with E-state index in [-0.39, 0.29) is 11.7 Å². The minimum atomic E-state index is -0.104. The summed E-state index contributed by atoms with van der Waals surface area (Å²) in [5, 5.41) is 7.80. The van der Waals surface area contributed by atoms with Gasteiger partial charge in [0.05, 0.1) is 17.8 Å². The molecule has 1 atom stereocenters. The topological polar surface area (TPSA) is 50.2 Å². The zero-order valence-corrected chi connectivity index (χ0v) is 12.9. The van der Waals surface area contributed by atoms with Crippen LogP contribution in [0.5, 0.6) is 0 Å². The van der Waals surface area contributed by atoms with E-state index in [1.165, 1.54) is 0 Å². The number of halogens is 1. The smallest absolute Gasteiger partial charge is 0.186 e. The Labute approximate surface area is 119 Å². The molecule has 108 valence electrons. The summed E-state index contributed by atoms with van der Waals surface area (Å²) in [6.45, 7) is 6.92. The number of hydrogen-bond donors (Lipinski definition) is 1. The molecule has 0 bridgehead atoms. The van der Waals surface area contributed by atoms with Crippen molar-refractivity contribution >= 4 is 17.4 Å². The molecule has 1 aromatic heterocycles. The van der Waals surface area contributed by atoms with Crippen molar-refractivity contribution in [1.29, 1.82) is 0 Å². The fraction of sp³-hybridized carbons (Fsp3) is 0.692. The number of likely N-dealkylation sites (N-methyl/N-ethyl adjacent to an activating group) is 1. The van der Waals surface area contributed by atoms with Crippen LogP contribution < -0.4 is 5.32 Å². The van der Waals surface area contributed by atoms with Crippen LogP contribution in [0.3, 0.4) is 0 Å². The Hall–Kier alpha value is -0.910. The largest absolute Gasteiger partial charge is 0.316 e. The van der Waals surface area contributed by atoms with E-state index in [0.717, 1.165) is 13.1 Å². The van der Waals surface area contributed by atoms with Crippen LogP contribution in [-0.4, -0.2) is 54.2 Å². The fourth-order valence-electron chi connectivity index (χ4n) is 1.76. The van der Waals surface area contributed by atoms with Crippen LogP contribution in [-0.2, 0) is 6.54 Å². The number of nitrogens with zero attached hydrogens (tertiary/aromatic N) is 3. The average molecular weight is 287 g/mol. The molecule has 0 radical (unpaired) electrons. The maximum Gasteiger partial charge on any atom is 0.186 e. The maximum atomic E-state index is 12.4. The lowest BCUT2D eigenvalue weighted by atomic mass is 10.0. The Balaban J connectivity index is 2.80. The highest BCUT2D eigenvalue weighted by Gasteiger charge is 2.22. The molecule has 0 aromatic carbocycles. The van der Waals surface area contributed by atoms with E-state index in [4.69, 9.17) is 11.6 Å². The molecule has 0 spiro atoms. The summed E-state index contributed by atoms with van der Waals surface area (Å²) in [6.07, 6.45) is 1.55. The van der Waals surface area contributed by atoms with Gasteiger partial charge in [-0.3, -0.25) is 9.48 Å². The van der Waals surface area contributed by atoms with Gasteiger partial charge in [-0.2, -0.15) is 5.10 Å². The summed E-state index contributed by atoms with van der Waals surface area (Å²) in [5.74, 6) is -0.0607. The monoisotopic (exact) mass is 286 g/mol. The van der Waals surface area contributed by atoms with Crippen molar-refractivity contribution in [3.05, 3.63) is 16.9 Å². The van der Waals surface area contributed by atoms with Gasteiger partial charge in [-0.15, -0.1) is 0 Å². The first-order valence-electron chi connectivity index (χ1n) is 6.58. The number of Topliss-reactive ketones (excluding diaryl/α,β-unsaturated/α-hetero) is 1. The van der Waals surface area contributed by atoms with Gasteiger partial charge in [-0.25, -0.2) is 0 Å². The standard InChI is InChI=1S/C13H23ClN4O/c1-5-15-8-10(2)13(19)12-11(14)9-16-18(12)7-6-17(3)4/h9-10,15H,5-8H2,1-4H3. The normalized spacial score (nSPS) is 12.9. The Kier molecular flexibility index (Phi) is 6.48. The molecule has 0 fully saturated rings. The van der Waals surface area contributed by atoms with Gasteiger partial charge in [0.25, 0.3) is 0 Å². The maximum absolute atomic E-state index is 12.4. The van der Waals surface area contributed by atoms with E-state index in [0.29, 0.717) is 23.8 Å². The molecule has 0 aliphatic rings. The summed E-state index contributed by atoms with van der Waals surface area (Å²) in [7, 11) is 3.97. The van der Waals surface area contributed by atoms with E-state index in [9.17, 15) is 4.79 Å². The average Bonchev–Trinajstić information content (AvgIpc) is 2.73. The predicted molar refractivity (Wildman–Crippen MR) is 77.8 cm³/mol. The molecule has 0 saturated carbocycles. The zero-order valence-electron chi connectivity index (χ0n) is 12.1. The summed E-state index contributed by atoms with van der Waals surface area (Å²) in [6, 6.07) is 0. The third-order valence-electron chi connectivity index (χ3n) is 2.94. The van der Waals surface area contributed by atoms with Crippen molar-refractivity contribution in [3.63, 3.8) is 0 Å². The number of carbonyl (C=O) groups excluding carboxylic acids is 1. The van der Waals surface area contributed by atoms with Crippen LogP contribution in [0, 0.1) is 5.92 Å². The number of carbonyl (C=O) groups is 1. The lowest BCUT2D eigenvalue weighted by molar-refractivity contribution is 0.0917. The van der Waals surface area contributed by atoms with Crippen molar-refractivity contribution in [2.75, 3.05) is 33.7 Å². The molecule has 19 heavy (non-hydrogen) atoms. The minimum Gasteiger partial charge on any atom is -0.316 e. The van der Waals surface area contributed by atoms with Crippen LogP contribution >= 0.6 is 11.6 Å². The Morgan fingerprint density at radius 1 is 1.58 bits per heavy atom. The first-order valence-corrected chi connectivity index (χ1v) is 6.96. The third-order valence-corrected chi connectivity index (χ3v) is 3.21. The van der Waals surface area contributed by atoms with E-state index in [2.05, 4.69) is 10.4 Å². The summed E-state index contributed by atoms with van der Waals surface area (Å²) in [4.78, 5) is 14.4. The third kappa shape index (κ3) is 4.60. The van der Waals surface area contributed by atoms with Crippen LogP contribution in [0.4, 0.5) is 0 Å². The molecular formula is C13H23ClN4O. The molecule has 1 N–H and O–H groups in total. The quantitative estimate of drug-likeness (QED) is 0.736. The second-order valence-corrected chi connectivity index (χ2v) is 5.35. The predicted octanol–water partition coefficient (Wildman–Crippen LogP) is 1.53. The Bertz CT molecular complexity index is 417. The van der Waals surface area contributed by atoms with Crippen molar-refractivity contribution in [2.24, 2.45) is 5.92 Å². The highest BCUT2D eigenvalue weighted by Crippen LogP contribution is 2.19. The van der Waals surface area contributed by atoms with Gasteiger partial charge in [0.1, 0.15) is 5.69 Å². The van der Waals surface area contributed by atoms with Crippen LogP contribution in [0.1, 0.15) is 24.3 Å². The lowest BCUT2D eigenvalue weighted by Gasteiger charge is -2.14. The van der Waals surface area contributed by atoms with E-state index in [1.54, 1.807) is 10.9 Å². The summed E-state index contributed by atoms with van der Waals surface area (Å²) >= 11 is 6.10. The molecule has 6 heteroatoms. The van der Waals surface area contributed by atoms with Crippen LogP contribution in [0.2, 0.25) is 5.02 Å². The van der Waals surface area contributed by atoms with Gasteiger partial charge in [-0.05, 0) is 20.6 Å². The van der Waals surface area contributed by atoms with Gasteiger partial charge >= 0.3 is 0 Å². The minimum absolute atomic E-state index is 0.0437. The molecule has 0 aliphatic heterocycles. The highest BCUT2D eigenvalue weighted by atomic mass is 35.5. The van der Waals surface area contributed by atoms with Crippen molar-refractivity contribution < 1.29 is 4.79 Å². The molecule has 1 rings (SSSR count). The molecule has 0 aliphatic carbocycles. The fourth-order valence-corrected chi connectivity index (χ4v) is 1.99. The molecular weight excluding hydrogens is 264 g/mol. The van der Waals surface area contributed by atoms with Gasteiger partial charge in [0.15, 0.2) is 5.78 Å². The van der Waals surface area contributed by atoms with Crippen LogP contribution in [0.25, 0.3) is 0 Å². The number of hydrogen-bond acceptors (Lipinski definition) is 4. The van der Waals surface area contributed by atoms with Gasteiger partial charge < -0.3 is 10.2 Å². The van der Waals surface area contributed by atoms with Crippen LogP contribution in [0.15, 0.2) is 6.20 Å². The molecule has 1 unspecified atom stereocenters. The van der Waals surface area contributed by atoms with E-state index in [1.807, 2.05) is 32.8 Å². The first-order chi connectivity index (χ1) is 8.97. The van der Waals surface area contributed by atoms with Gasteiger partial charge in [0, 0.05) is 19.0 Å². The second-order valence-electron chi connectivity index (χ2n) is 4.94. The molecule has 1 aromatic rings. The van der Waals surface area contributed by atoms with Crippen molar-refractivity contribution in [2.45, 2.75) is 20.4 Å². The molecule has 0 amide bonds. The van der Waals surface area contributed by atoms with E-state index >= 15 is 0 Å². The second kappa shape index (κ2) is 7.62. The lowest BCUT2D eigenvalue weighted by Crippen LogP contribution is -2.29. The SMILES string of the molecule is CCNCC(C)C(=O)c1c(Cl)cnn1CCN(C)C. The highest BCUT2D eigenvalue weighted by molar-refractivity contribution is 6.33. The Morgan fingerprint density at radius 3 is 2.84 bits per heavy atom. The summed E-state index contributed by atoms with van der Waals surface area (Å²) < 4.78 is 1.70. The number of rotatable bonds is 8. The number of aromatic nitrogens is 2. The Morgan fingerprint density at radius 2 is 2.26 bits per heavy atom. The molecule has 5 nitrogen and oxygen atoms in total. The van der Waals surface area contributed by atoms with Crippen molar-refractivity contribution in [1.82, 2.24) is 20.0 Å². The zero-order chi connectivity index (χ0) is 14.4. The van der Waals surface area contributed by atoms with Gasteiger partial charge in [-0.1, -0.05) is 25.4 Å². The molecule has 1 heterocycles. The van der Waals surface area contributed by atoms with Crippen molar-refractivity contribution in [3.8, 4) is 0 Å². The number of nitrogens with one attached hydrogen (secondary N) is 1. The first kappa shape index (κ1) is 16.1. The summed E-state index contributed by atoms with van der Waals surface area (Å²) in [5.41, 5.74) is 0.522. The van der Waals surface area contributed by atoms with Gasteiger partial charge in [0.2, 0.25) is 0 Å². The van der Waals surface area contributed by atoms with E-state index < -0.39 is 0 Å². The number of ketones is 1. The molecule has 0 saturated heterocycles.